The molecule has 15 heteroatoms. The van der Waals surface area contributed by atoms with Crippen LogP contribution in [-0.2, 0) is 33.1 Å². The molecule has 0 bridgehead atoms. The first kappa shape index (κ1) is 28.1. The highest BCUT2D eigenvalue weighted by Crippen LogP contribution is 2.44. The molecule has 2 aliphatic rings. The zero-order chi connectivity index (χ0) is 29.7. The number of sulfone groups is 1. The molecule has 0 saturated heterocycles. The van der Waals surface area contributed by atoms with E-state index in [1.807, 2.05) is 0 Å². The van der Waals surface area contributed by atoms with Crippen molar-refractivity contribution >= 4 is 27.3 Å². The molecule has 0 radical (unpaired) electrons. The number of alkyl halides is 3. The van der Waals surface area contributed by atoms with Crippen molar-refractivity contribution < 1.29 is 40.3 Å². The zero-order valence-corrected chi connectivity index (χ0v) is 22.1. The van der Waals surface area contributed by atoms with E-state index in [1.54, 1.807) is 12.1 Å². The van der Waals surface area contributed by atoms with Crippen molar-refractivity contribution in [2.45, 2.75) is 31.1 Å². The van der Waals surface area contributed by atoms with Gasteiger partial charge in [-0.15, -0.1) is 0 Å². The van der Waals surface area contributed by atoms with Gasteiger partial charge in [0.15, 0.2) is 22.1 Å². The number of aryl methyl sites for hydroxylation is 1. The molecular formula is C26H21F4N5O5S. The van der Waals surface area contributed by atoms with Gasteiger partial charge in [-0.3, -0.25) is 14.3 Å². The first-order valence-electron chi connectivity index (χ1n) is 12.1. The second-order valence-electron chi connectivity index (χ2n) is 9.91. The van der Waals surface area contributed by atoms with E-state index in [-0.39, 0.29) is 40.5 Å². The molecule has 5 rings (SSSR count). The molecule has 1 aliphatic carbocycles. The van der Waals surface area contributed by atoms with Gasteiger partial charge in [0, 0.05) is 11.8 Å². The van der Waals surface area contributed by atoms with Crippen LogP contribution in [0.1, 0.15) is 33.6 Å². The van der Waals surface area contributed by atoms with Crippen LogP contribution in [0.15, 0.2) is 36.4 Å². The number of carbonyl (C=O) groups is 2. The standard InChI is InChI=1S/C26H21F4N5O5S/c1-41(38,39)11-20(36)32-22-21(15-2-3-16(10-31)19(27)9-15)34-35-12-25(33-24(37)23(22)35)7-6-14-8-17(4-5-18(14)25)40-13-26(28,29)30/h2-5,8-9H,6-7,11-13H2,1H3,(H,32,36)(H,33,37)/t25-/m1/s1. The summed E-state index contributed by atoms with van der Waals surface area (Å²) in [4.78, 5) is 26.1. The second-order valence-corrected chi connectivity index (χ2v) is 12.1. The maximum Gasteiger partial charge on any atom is 0.422 e. The molecule has 2 N–H and O–H groups in total. The number of hydrogen-bond donors (Lipinski definition) is 2. The fraction of sp³-hybridized carbons (Fsp3) is 0.308. The highest BCUT2D eigenvalue weighted by atomic mass is 32.2. The number of aromatic nitrogens is 2. The Morgan fingerprint density at radius 2 is 2.02 bits per heavy atom. The number of anilines is 1. The van der Waals surface area contributed by atoms with Crippen LogP contribution in [0.25, 0.3) is 11.3 Å². The third-order valence-corrected chi connectivity index (χ3v) is 7.56. The number of benzene rings is 2. The molecule has 0 saturated carbocycles. The van der Waals surface area contributed by atoms with Crippen LogP contribution in [0.5, 0.6) is 5.75 Å². The summed E-state index contributed by atoms with van der Waals surface area (Å²) in [6.07, 6.45) is -2.84. The molecule has 1 atom stereocenters. The van der Waals surface area contributed by atoms with E-state index in [0.717, 1.165) is 12.3 Å². The van der Waals surface area contributed by atoms with E-state index in [9.17, 15) is 35.6 Å². The Morgan fingerprint density at radius 1 is 1.27 bits per heavy atom. The summed E-state index contributed by atoms with van der Waals surface area (Å²) in [5, 5.41) is 18.9. The number of halogens is 4. The average molecular weight is 592 g/mol. The SMILES string of the molecule is CS(=O)(=O)CC(=O)Nc1c(-c2ccc(C#N)c(F)c2)nn2c1C(=O)N[C@]1(CCc3cc(OCC(F)(F)F)ccc31)C2. The van der Waals surface area contributed by atoms with Crippen LogP contribution in [0.3, 0.4) is 0 Å². The molecule has 0 unspecified atom stereocenters. The Morgan fingerprint density at radius 3 is 2.68 bits per heavy atom. The minimum atomic E-state index is -4.50. The van der Waals surface area contributed by atoms with Crippen molar-refractivity contribution in [3.05, 3.63) is 64.6 Å². The first-order chi connectivity index (χ1) is 19.2. The predicted molar refractivity (Wildman–Crippen MR) is 136 cm³/mol. The number of nitriles is 1. The maximum absolute atomic E-state index is 14.5. The summed E-state index contributed by atoms with van der Waals surface area (Å²) in [5.74, 6) is -3.32. The summed E-state index contributed by atoms with van der Waals surface area (Å²) in [5.41, 5.74) is -0.0328. The predicted octanol–water partition coefficient (Wildman–Crippen LogP) is 3.07. The molecule has 2 aromatic carbocycles. The van der Waals surface area contributed by atoms with Gasteiger partial charge in [0.1, 0.15) is 34.8 Å². The van der Waals surface area contributed by atoms with Crippen LogP contribution in [-0.4, -0.2) is 54.8 Å². The molecule has 3 aromatic rings. The van der Waals surface area contributed by atoms with Gasteiger partial charge in [0.25, 0.3) is 5.91 Å². The normalized spacial score (nSPS) is 17.9. The summed E-state index contributed by atoms with van der Waals surface area (Å²) in [7, 11) is -3.73. The Kier molecular flexibility index (Phi) is 6.77. The Hall–Kier alpha value is -4.45. The van der Waals surface area contributed by atoms with Crippen molar-refractivity contribution in [2.75, 3.05) is 23.9 Å². The lowest BCUT2D eigenvalue weighted by Crippen LogP contribution is -2.52. The van der Waals surface area contributed by atoms with Crippen LogP contribution in [0, 0.1) is 17.1 Å². The molecular weight excluding hydrogens is 570 g/mol. The van der Waals surface area contributed by atoms with Crippen molar-refractivity contribution in [3.8, 4) is 23.1 Å². The summed E-state index contributed by atoms with van der Waals surface area (Å²) in [6.45, 7) is -1.39. The van der Waals surface area contributed by atoms with Gasteiger partial charge in [-0.25, -0.2) is 12.8 Å². The van der Waals surface area contributed by atoms with Gasteiger partial charge in [-0.1, -0.05) is 12.1 Å². The van der Waals surface area contributed by atoms with Crippen LogP contribution in [0.4, 0.5) is 23.2 Å². The number of nitrogens with one attached hydrogen (secondary N) is 2. The lowest BCUT2D eigenvalue weighted by atomic mass is 9.89. The second kappa shape index (κ2) is 9.88. The van der Waals surface area contributed by atoms with Crippen molar-refractivity contribution in [3.63, 3.8) is 0 Å². The quantitative estimate of drug-likeness (QED) is 0.420. The highest BCUT2D eigenvalue weighted by molar-refractivity contribution is 7.91. The third kappa shape index (κ3) is 5.60. The molecule has 1 aromatic heterocycles. The smallest absolute Gasteiger partial charge is 0.422 e. The monoisotopic (exact) mass is 591 g/mol. The maximum atomic E-state index is 14.5. The van der Waals surface area contributed by atoms with Gasteiger partial charge in [0.05, 0.1) is 17.6 Å². The first-order valence-corrected chi connectivity index (χ1v) is 14.2. The van der Waals surface area contributed by atoms with E-state index in [4.69, 9.17) is 10.00 Å². The van der Waals surface area contributed by atoms with E-state index in [2.05, 4.69) is 15.7 Å². The number of ether oxygens (including phenoxy) is 1. The van der Waals surface area contributed by atoms with Gasteiger partial charge in [0.2, 0.25) is 5.91 Å². The molecule has 214 valence electrons. The number of amides is 2. The van der Waals surface area contributed by atoms with Gasteiger partial charge in [-0.05, 0) is 48.2 Å². The summed E-state index contributed by atoms with van der Waals surface area (Å²) < 4.78 is 81.8. The molecule has 2 heterocycles. The molecule has 2 amide bonds. The number of fused-ring (bicyclic) bond motifs is 3. The number of nitrogens with zero attached hydrogens (tertiary/aromatic N) is 3. The largest absolute Gasteiger partial charge is 0.484 e. The van der Waals surface area contributed by atoms with Crippen LogP contribution >= 0.6 is 0 Å². The number of carbonyl (C=O) groups excluding carboxylic acids is 2. The van der Waals surface area contributed by atoms with Crippen molar-refractivity contribution in [1.29, 1.82) is 5.26 Å². The van der Waals surface area contributed by atoms with Gasteiger partial charge < -0.3 is 15.4 Å². The minimum Gasteiger partial charge on any atom is -0.484 e. The summed E-state index contributed by atoms with van der Waals surface area (Å²) >= 11 is 0. The Balaban J connectivity index is 1.55. The van der Waals surface area contributed by atoms with Crippen molar-refractivity contribution in [2.24, 2.45) is 0 Å². The minimum absolute atomic E-state index is 0.0217. The highest BCUT2D eigenvalue weighted by Gasteiger charge is 2.46. The zero-order valence-electron chi connectivity index (χ0n) is 21.3. The Labute approximate surface area is 230 Å². The fourth-order valence-corrected chi connectivity index (χ4v) is 5.69. The molecule has 1 aliphatic heterocycles. The lowest BCUT2D eigenvalue weighted by molar-refractivity contribution is -0.153. The third-order valence-electron chi connectivity index (χ3n) is 6.78. The molecule has 1 spiro atoms. The molecule has 0 fully saturated rings. The van der Waals surface area contributed by atoms with Gasteiger partial charge >= 0.3 is 6.18 Å². The van der Waals surface area contributed by atoms with Crippen LogP contribution < -0.4 is 15.4 Å². The number of rotatable bonds is 6. The lowest BCUT2D eigenvalue weighted by Gasteiger charge is -2.36. The number of hydrogen-bond acceptors (Lipinski definition) is 7. The van der Waals surface area contributed by atoms with E-state index < -0.39 is 51.5 Å². The molecule has 10 nitrogen and oxygen atoms in total. The topological polar surface area (TPSA) is 143 Å². The van der Waals surface area contributed by atoms with E-state index in [0.29, 0.717) is 24.0 Å². The average Bonchev–Trinajstić information content (AvgIpc) is 3.39. The van der Waals surface area contributed by atoms with E-state index >= 15 is 0 Å². The van der Waals surface area contributed by atoms with Crippen molar-refractivity contribution in [1.82, 2.24) is 15.1 Å². The summed E-state index contributed by atoms with van der Waals surface area (Å²) in [6, 6.07) is 9.74. The van der Waals surface area contributed by atoms with E-state index in [1.165, 1.54) is 28.9 Å². The van der Waals surface area contributed by atoms with Gasteiger partial charge in [-0.2, -0.15) is 23.5 Å². The van der Waals surface area contributed by atoms with Crippen LogP contribution in [0.2, 0.25) is 0 Å². The molecule has 41 heavy (non-hydrogen) atoms. The fourth-order valence-electron chi connectivity index (χ4n) is 5.14. The Bertz CT molecular complexity index is 1750.